The lowest BCUT2D eigenvalue weighted by molar-refractivity contribution is -0.300. The van der Waals surface area contributed by atoms with Gasteiger partial charge < -0.3 is 15.1 Å². The van der Waals surface area contributed by atoms with Gasteiger partial charge in [0.25, 0.3) is 0 Å². The van der Waals surface area contributed by atoms with Gasteiger partial charge in [-0.05, 0) is 6.07 Å². The first-order valence-electron chi connectivity index (χ1n) is 7.19. The van der Waals surface area contributed by atoms with Gasteiger partial charge in [-0.2, -0.15) is 0 Å². The Bertz CT molecular complexity index is 710. The molecule has 6 heteroatoms. The second kappa shape index (κ2) is 5.15. The van der Waals surface area contributed by atoms with Crippen molar-refractivity contribution < 1.29 is 14.7 Å². The van der Waals surface area contributed by atoms with Crippen molar-refractivity contribution in [1.29, 1.82) is 0 Å². The molecule has 2 heterocycles. The van der Waals surface area contributed by atoms with Crippen LogP contribution in [-0.4, -0.2) is 24.0 Å². The summed E-state index contributed by atoms with van der Waals surface area (Å²) in [5.41, 5.74) is 1.50. The van der Waals surface area contributed by atoms with Crippen LogP contribution in [0.3, 0.4) is 0 Å². The summed E-state index contributed by atoms with van der Waals surface area (Å²) in [7, 11) is 0. The number of hydroxylamine groups is 2. The molecule has 1 aromatic rings. The molecular weight excluding hydrogens is 284 g/mol. The molecule has 6 nitrogen and oxygen atoms in total. The number of Topliss-reactive ketones (excluding diaryl/α,β-unsaturated/α-hetero) is 1. The third-order valence-corrected chi connectivity index (χ3v) is 4.32. The predicted molar refractivity (Wildman–Crippen MR) is 79.8 cm³/mol. The Morgan fingerprint density at radius 3 is 2.82 bits per heavy atom. The van der Waals surface area contributed by atoms with Crippen LogP contribution in [0.2, 0.25) is 0 Å². The first kappa shape index (κ1) is 14.6. The smallest absolute Gasteiger partial charge is 0.191 e. The number of ketones is 1. The zero-order valence-corrected chi connectivity index (χ0v) is 12.1. The number of aliphatic carboxylic acids is 1. The second-order valence-corrected chi connectivity index (χ2v) is 5.56. The lowest BCUT2D eigenvalue weighted by Crippen LogP contribution is -2.49. The number of hydrogen-bond donors (Lipinski definition) is 0. The number of para-hydroxylation sites is 1. The number of aliphatic imine (C=N–C) groups is 1. The van der Waals surface area contributed by atoms with Crippen LogP contribution in [0.25, 0.3) is 0 Å². The summed E-state index contributed by atoms with van der Waals surface area (Å²) in [6.45, 7) is 1.90. The minimum absolute atomic E-state index is 0.415. The third-order valence-electron chi connectivity index (χ3n) is 4.32. The number of carboxylic acid groups (broad SMARTS) is 1. The molecule has 114 valence electrons. The van der Waals surface area contributed by atoms with Gasteiger partial charge in [-0.15, -0.1) is 0 Å². The Balaban J connectivity index is 2.26. The summed E-state index contributed by atoms with van der Waals surface area (Å²) >= 11 is 0. The quantitative estimate of drug-likeness (QED) is 0.470. The van der Waals surface area contributed by atoms with Crippen LogP contribution >= 0.6 is 0 Å². The van der Waals surface area contributed by atoms with Crippen molar-refractivity contribution in [3.63, 3.8) is 0 Å². The molecule has 3 atom stereocenters. The van der Waals surface area contributed by atoms with Crippen molar-refractivity contribution in [2.75, 3.05) is 0 Å². The summed E-state index contributed by atoms with van der Waals surface area (Å²) in [4.78, 5) is 27.3. The van der Waals surface area contributed by atoms with Gasteiger partial charge in [-0.25, -0.2) is 0 Å². The van der Waals surface area contributed by atoms with Gasteiger partial charge in [0.15, 0.2) is 11.5 Å². The maximum absolute atomic E-state index is 13.4. The van der Waals surface area contributed by atoms with E-state index in [-0.39, 0.29) is 0 Å². The summed E-state index contributed by atoms with van der Waals surface area (Å²) in [5, 5.41) is 24.5. The summed E-state index contributed by atoms with van der Waals surface area (Å²) in [6.07, 6.45) is 5.45. The number of nitrogens with zero attached hydrogens (tertiary/aromatic N) is 2. The van der Waals surface area contributed by atoms with Crippen molar-refractivity contribution in [3.8, 4) is 0 Å². The van der Waals surface area contributed by atoms with Gasteiger partial charge >= 0.3 is 0 Å². The maximum Gasteiger partial charge on any atom is 0.191 e. The fourth-order valence-electron chi connectivity index (χ4n) is 3.48. The van der Waals surface area contributed by atoms with E-state index in [2.05, 4.69) is 4.99 Å². The molecule has 3 unspecified atom stereocenters. The normalized spacial score (nSPS) is 28.3. The Labute approximate surface area is 127 Å². The fraction of sp³-hybridized carbons (Fsp3) is 0.312. The van der Waals surface area contributed by atoms with Crippen molar-refractivity contribution in [2.45, 2.75) is 31.7 Å². The highest BCUT2D eigenvalue weighted by Crippen LogP contribution is 2.50. The van der Waals surface area contributed by atoms with E-state index in [1.807, 2.05) is 6.92 Å². The van der Waals surface area contributed by atoms with Crippen LogP contribution in [0, 0.1) is 5.21 Å². The average Bonchev–Trinajstić information content (AvgIpc) is 2.62. The minimum atomic E-state index is -1.74. The van der Waals surface area contributed by atoms with E-state index in [4.69, 9.17) is 0 Å². The summed E-state index contributed by atoms with van der Waals surface area (Å²) in [6, 6.07) is 4.40. The van der Waals surface area contributed by atoms with E-state index >= 15 is 0 Å². The molecule has 0 bridgehead atoms. The molecule has 0 fully saturated rings. The molecule has 22 heavy (non-hydrogen) atoms. The highest BCUT2D eigenvalue weighted by molar-refractivity contribution is 6.34. The Hall–Kier alpha value is -2.31. The van der Waals surface area contributed by atoms with Gasteiger partial charge in [-0.3, -0.25) is 14.4 Å². The number of rotatable bonds is 4. The maximum atomic E-state index is 13.4. The lowest BCUT2D eigenvalue weighted by Gasteiger charge is -2.41. The van der Waals surface area contributed by atoms with E-state index in [1.165, 1.54) is 12.4 Å². The van der Waals surface area contributed by atoms with Crippen molar-refractivity contribution in [1.82, 2.24) is 4.65 Å². The van der Waals surface area contributed by atoms with Gasteiger partial charge in [0.2, 0.25) is 0 Å². The molecule has 0 radical (unpaired) electrons. The van der Waals surface area contributed by atoms with Crippen molar-refractivity contribution >= 4 is 23.7 Å². The van der Waals surface area contributed by atoms with Gasteiger partial charge in [-0.1, -0.05) is 25.5 Å². The Morgan fingerprint density at radius 1 is 1.36 bits per heavy atom. The molecule has 0 N–H and O–H groups in total. The standard InChI is InChI=1S/C16H16N2O4/c1-2-4-12-13(15(19)16(20)21)11-6-3-5-10-9-17-7-8-18(12,22)14(10)11/h3,5-9,12-13H,2,4H2,1H3,(H,20,21)/p-1. The predicted octanol–water partition coefficient (Wildman–Crippen LogP) is 0.980. The lowest BCUT2D eigenvalue weighted by atomic mass is 9.88. The molecule has 0 spiro atoms. The van der Waals surface area contributed by atoms with E-state index in [9.17, 15) is 19.9 Å². The third kappa shape index (κ3) is 1.92. The largest absolute Gasteiger partial charge is 0.622 e. The number of benzene rings is 1. The molecule has 0 aliphatic carbocycles. The molecule has 0 saturated heterocycles. The van der Waals surface area contributed by atoms with E-state index in [0.717, 1.165) is 0 Å². The highest BCUT2D eigenvalue weighted by Gasteiger charge is 2.51. The van der Waals surface area contributed by atoms with E-state index in [0.29, 0.717) is 29.7 Å². The molecule has 2 aliphatic heterocycles. The minimum Gasteiger partial charge on any atom is -0.622 e. The topological polar surface area (TPSA) is 92.6 Å². The second-order valence-electron chi connectivity index (χ2n) is 5.56. The molecule has 3 rings (SSSR count). The SMILES string of the molecule is CCCC1C(C(=O)C(=O)[O-])c2cccc3c2[N+]1([O-])C=CN=C3. The van der Waals surface area contributed by atoms with Gasteiger partial charge in [0.1, 0.15) is 24.1 Å². The van der Waals surface area contributed by atoms with Gasteiger partial charge in [0.05, 0.1) is 11.8 Å². The Kier molecular flexibility index (Phi) is 3.42. The average molecular weight is 299 g/mol. The van der Waals surface area contributed by atoms with Crippen LogP contribution in [0.1, 0.15) is 36.8 Å². The van der Waals surface area contributed by atoms with E-state index < -0.39 is 28.4 Å². The number of carbonyl (C=O) groups is 2. The molecular formula is C16H15N2O4-. The van der Waals surface area contributed by atoms with E-state index in [1.54, 1.807) is 24.4 Å². The fourth-order valence-corrected chi connectivity index (χ4v) is 3.48. The first-order chi connectivity index (χ1) is 10.5. The van der Waals surface area contributed by atoms with Crippen LogP contribution in [0.5, 0.6) is 0 Å². The van der Waals surface area contributed by atoms with Crippen LogP contribution in [0.15, 0.2) is 35.6 Å². The number of carbonyl (C=O) groups excluding carboxylic acids is 2. The molecule has 0 aromatic heterocycles. The number of quaternary nitrogens is 1. The number of hydrogen-bond acceptors (Lipinski definition) is 5. The zero-order valence-electron chi connectivity index (χ0n) is 12.1. The summed E-state index contributed by atoms with van der Waals surface area (Å²) < 4.78 is -0.844. The Morgan fingerprint density at radius 2 is 2.14 bits per heavy atom. The van der Waals surface area contributed by atoms with Crippen LogP contribution in [0.4, 0.5) is 5.69 Å². The van der Waals surface area contributed by atoms with Crippen molar-refractivity contribution in [2.24, 2.45) is 4.99 Å². The molecule has 0 amide bonds. The van der Waals surface area contributed by atoms with Crippen LogP contribution < -0.4 is 9.75 Å². The monoisotopic (exact) mass is 299 g/mol. The molecule has 2 aliphatic rings. The zero-order chi connectivity index (χ0) is 15.9. The number of carboxylic acids is 1. The van der Waals surface area contributed by atoms with Gasteiger partial charge in [0, 0.05) is 18.2 Å². The first-order valence-corrected chi connectivity index (χ1v) is 7.19. The van der Waals surface area contributed by atoms with Crippen LogP contribution in [-0.2, 0) is 9.59 Å². The molecule has 1 aromatic carbocycles. The van der Waals surface area contributed by atoms with Crippen molar-refractivity contribution in [3.05, 3.63) is 46.9 Å². The molecule has 0 saturated carbocycles. The summed E-state index contributed by atoms with van der Waals surface area (Å²) in [5.74, 6) is -3.75. The highest BCUT2D eigenvalue weighted by atomic mass is 16.5.